The van der Waals surface area contributed by atoms with E-state index in [2.05, 4.69) is 30.7 Å². The molecule has 0 atom stereocenters. The van der Waals surface area contributed by atoms with Crippen molar-refractivity contribution < 1.29 is 0 Å². The molecule has 0 saturated carbocycles. The maximum atomic E-state index is 5.26. The van der Waals surface area contributed by atoms with Crippen LogP contribution < -0.4 is 0 Å². The Morgan fingerprint density at radius 3 is 2.69 bits per heavy atom. The van der Waals surface area contributed by atoms with Gasteiger partial charge >= 0.3 is 0 Å². The molecule has 4 heteroatoms. The summed E-state index contributed by atoms with van der Waals surface area (Å²) in [5, 5.41) is 0. The van der Waals surface area contributed by atoms with Crippen LogP contribution in [0.4, 0.5) is 0 Å². The molecule has 0 spiro atoms. The molecule has 0 saturated heterocycles. The summed E-state index contributed by atoms with van der Waals surface area (Å²) >= 11 is 7.16. The number of nitrogens with one attached hydrogen (secondary N) is 1. The molecule has 0 aromatic carbocycles. The summed E-state index contributed by atoms with van der Waals surface area (Å²) in [4.78, 5) is 7.79. The van der Waals surface area contributed by atoms with E-state index in [1.54, 1.807) is 0 Å². The van der Waals surface area contributed by atoms with Gasteiger partial charge in [-0.3, -0.25) is 0 Å². The maximum absolute atomic E-state index is 5.26. The molecule has 0 aliphatic carbocycles. The lowest BCUT2D eigenvalue weighted by atomic mass is 10.2. The molecule has 2 nitrogen and oxygen atoms in total. The highest BCUT2D eigenvalue weighted by Gasteiger charge is 2.04. The van der Waals surface area contributed by atoms with Gasteiger partial charge in [-0.1, -0.05) is 33.0 Å². The lowest BCUT2D eigenvalue weighted by Gasteiger charge is -2.08. The first kappa shape index (κ1) is 13.7. The van der Waals surface area contributed by atoms with Crippen LogP contribution in [0.1, 0.15) is 37.9 Å². The van der Waals surface area contributed by atoms with E-state index in [0.29, 0.717) is 0 Å². The Morgan fingerprint density at radius 1 is 1.44 bits per heavy atom. The number of aromatic nitrogens is 2. The third-order valence-corrected chi connectivity index (χ3v) is 4.13. The van der Waals surface area contributed by atoms with Gasteiger partial charge in [0, 0.05) is 11.3 Å². The van der Waals surface area contributed by atoms with Crippen LogP contribution in [-0.2, 0) is 12.2 Å². The fourth-order valence-corrected chi connectivity index (χ4v) is 2.60. The Labute approximate surface area is 107 Å². The number of rotatable bonds is 5. The predicted molar refractivity (Wildman–Crippen MR) is 74.5 cm³/mol. The van der Waals surface area contributed by atoms with Gasteiger partial charge in [0.15, 0.2) is 0 Å². The molecule has 1 aromatic heterocycles. The molecule has 0 aliphatic rings. The van der Waals surface area contributed by atoms with Crippen LogP contribution in [0.15, 0.2) is 0 Å². The van der Waals surface area contributed by atoms with Crippen molar-refractivity contribution in [3.63, 3.8) is 0 Å². The molecular formula is C12H20N2S2. The van der Waals surface area contributed by atoms with Crippen LogP contribution in [0.5, 0.6) is 0 Å². The minimum absolute atomic E-state index is 0.726. The summed E-state index contributed by atoms with van der Waals surface area (Å²) in [6.07, 6.45) is 0.986. The first-order valence-electron chi connectivity index (χ1n) is 5.71. The monoisotopic (exact) mass is 256 g/mol. The average Bonchev–Trinajstić information content (AvgIpc) is 2.22. The van der Waals surface area contributed by atoms with Crippen LogP contribution in [0.25, 0.3) is 0 Å². The third-order valence-electron chi connectivity index (χ3n) is 2.35. The number of thioether (sulfide) groups is 1. The van der Waals surface area contributed by atoms with E-state index in [0.717, 1.165) is 39.9 Å². The highest BCUT2D eigenvalue weighted by atomic mass is 32.2. The molecule has 0 radical (unpaired) electrons. The molecule has 0 unspecified atom stereocenters. The zero-order chi connectivity index (χ0) is 12.1. The lowest BCUT2D eigenvalue weighted by Crippen LogP contribution is -2.02. The number of H-pyrrole nitrogens is 1. The largest absolute Gasteiger partial charge is 0.346 e. The number of aryl methyl sites for hydroxylation is 1. The van der Waals surface area contributed by atoms with Crippen molar-refractivity contribution in [3.05, 3.63) is 21.7 Å². The molecule has 16 heavy (non-hydrogen) atoms. The van der Waals surface area contributed by atoms with Gasteiger partial charge < -0.3 is 4.98 Å². The summed E-state index contributed by atoms with van der Waals surface area (Å²) in [6.45, 7) is 8.64. The van der Waals surface area contributed by atoms with Gasteiger partial charge in [-0.15, -0.1) is 0 Å². The highest BCUT2D eigenvalue weighted by molar-refractivity contribution is 7.98. The average molecular weight is 256 g/mol. The molecule has 0 amide bonds. The Morgan fingerprint density at radius 2 is 2.12 bits per heavy atom. The van der Waals surface area contributed by atoms with Gasteiger partial charge in [0.05, 0.1) is 5.75 Å². The zero-order valence-electron chi connectivity index (χ0n) is 10.5. The van der Waals surface area contributed by atoms with Crippen molar-refractivity contribution in [1.29, 1.82) is 0 Å². The van der Waals surface area contributed by atoms with Crippen LogP contribution >= 0.6 is 24.0 Å². The number of nitrogens with zero attached hydrogens (tertiary/aromatic N) is 1. The van der Waals surface area contributed by atoms with Gasteiger partial charge in [-0.2, -0.15) is 11.8 Å². The number of aromatic amines is 1. The smallest absolute Gasteiger partial charge is 0.132 e. The van der Waals surface area contributed by atoms with E-state index in [4.69, 9.17) is 12.2 Å². The van der Waals surface area contributed by atoms with E-state index < -0.39 is 0 Å². The standard InChI is InChI=1S/C12H20N2S2/c1-5-10-9(4)12(15)14-11(13-10)7-16-6-8(2)3/h8H,5-7H2,1-4H3,(H,13,14,15). The molecule has 0 fully saturated rings. The Hall–Kier alpha value is -0.350. The molecule has 1 rings (SSSR count). The van der Waals surface area contributed by atoms with E-state index >= 15 is 0 Å². The van der Waals surface area contributed by atoms with Crippen molar-refractivity contribution in [2.45, 2.75) is 39.9 Å². The zero-order valence-corrected chi connectivity index (χ0v) is 12.1. The van der Waals surface area contributed by atoms with Crippen LogP contribution in [0.2, 0.25) is 0 Å². The second-order valence-corrected chi connectivity index (χ2v) is 5.77. The van der Waals surface area contributed by atoms with E-state index in [-0.39, 0.29) is 0 Å². The van der Waals surface area contributed by atoms with Crippen LogP contribution in [0.3, 0.4) is 0 Å². The quantitative estimate of drug-likeness (QED) is 0.810. The Bertz CT molecular complexity index is 396. The van der Waals surface area contributed by atoms with Crippen molar-refractivity contribution in [3.8, 4) is 0 Å². The minimum Gasteiger partial charge on any atom is -0.346 e. The van der Waals surface area contributed by atoms with Crippen LogP contribution in [0, 0.1) is 17.5 Å². The fourth-order valence-electron chi connectivity index (χ4n) is 1.44. The second-order valence-electron chi connectivity index (χ2n) is 4.35. The van der Waals surface area contributed by atoms with Crippen molar-refractivity contribution in [1.82, 2.24) is 9.97 Å². The summed E-state index contributed by atoms with van der Waals surface area (Å²) in [5.74, 6) is 3.83. The Kier molecular flexibility index (Phi) is 5.49. The maximum Gasteiger partial charge on any atom is 0.132 e. The summed E-state index contributed by atoms with van der Waals surface area (Å²) in [6, 6.07) is 0. The predicted octanol–water partition coefficient (Wildman–Crippen LogP) is 3.90. The summed E-state index contributed by atoms with van der Waals surface area (Å²) in [7, 11) is 0. The molecule has 1 N–H and O–H groups in total. The molecule has 0 aliphatic heterocycles. The lowest BCUT2D eigenvalue weighted by molar-refractivity contribution is 0.749. The van der Waals surface area contributed by atoms with Crippen molar-refractivity contribution in [2.75, 3.05) is 5.75 Å². The topological polar surface area (TPSA) is 28.7 Å². The van der Waals surface area contributed by atoms with Gasteiger partial charge in [-0.25, -0.2) is 4.98 Å². The normalized spacial score (nSPS) is 11.1. The molecule has 1 aromatic rings. The van der Waals surface area contributed by atoms with Gasteiger partial charge in [0.1, 0.15) is 10.5 Å². The number of hydrogen-bond acceptors (Lipinski definition) is 3. The first-order chi connectivity index (χ1) is 7.54. The van der Waals surface area contributed by atoms with Gasteiger partial charge in [0.2, 0.25) is 0 Å². The number of hydrogen-bond donors (Lipinski definition) is 1. The van der Waals surface area contributed by atoms with Crippen molar-refractivity contribution in [2.24, 2.45) is 5.92 Å². The highest BCUT2D eigenvalue weighted by Crippen LogP contribution is 2.14. The minimum atomic E-state index is 0.726. The van der Waals surface area contributed by atoms with Crippen LogP contribution in [-0.4, -0.2) is 15.7 Å². The van der Waals surface area contributed by atoms with E-state index in [1.807, 2.05) is 18.7 Å². The third kappa shape index (κ3) is 3.91. The summed E-state index contributed by atoms with van der Waals surface area (Å²) < 4.78 is 0.746. The molecule has 1 heterocycles. The Balaban J connectivity index is 2.74. The van der Waals surface area contributed by atoms with Gasteiger partial charge in [-0.05, 0) is 25.0 Å². The summed E-state index contributed by atoms with van der Waals surface area (Å²) in [5.41, 5.74) is 2.34. The SMILES string of the molecule is CCc1[nH]c(CSCC(C)C)nc(=S)c1C. The molecule has 0 bridgehead atoms. The van der Waals surface area contributed by atoms with E-state index in [9.17, 15) is 0 Å². The molecule has 90 valence electrons. The second kappa shape index (κ2) is 6.40. The molecular weight excluding hydrogens is 236 g/mol. The first-order valence-corrected chi connectivity index (χ1v) is 7.27. The van der Waals surface area contributed by atoms with E-state index in [1.165, 1.54) is 5.69 Å². The van der Waals surface area contributed by atoms with Crippen molar-refractivity contribution >= 4 is 24.0 Å². The van der Waals surface area contributed by atoms with Gasteiger partial charge in [0.25, 0.3) is 0 Å². The fraction of sp³-hybridized carbons (Fsp3) is 0.667.